The van der Waals surface area contributed by atoms with E-state index in [4.69, 9.17) is 0 Å². The van der Waals surface area contributed by atoms with E-state index in [1.807, 2.05) is 0 Å². The van der Waals surface area contributed by atoms with E-state index in [1.165, 1.54) is 55.3 Å². The second kappa shape index (κ2) is 10.4. The van der Waals surface area contributed by atoms with Crippen LogP contribution in [0.15, 0.2) is 146 Å². The van der Waals surface area contributed by atoms with Gasteiger partial charge in [-0.05, 0) is 70.6 Å². The first-order chi connectivity index (χ1) is 20.5. The second-order valence-electron chi connectivity index (χ2n) is 12.0. The summed E-state index contributed by atoms with van der Waals surface area (Å²) in [6.45, 7) is 6.86. The molecule has 0 aliphatic carbocycles. The molecule has 0 aliphatic rings. The summed E-state index contributed by atoms with van der Waals surface area (Å²) in [6, 6.07) is 52.3. The van der Waals surface area contributed by atoms with Crippen molar-refractivity contribution < 1.29 is 0 Å². The van der Waals surface area contributed by atoms with Gasteiger partial charge in [0.15, 0.2) is 0 Å². The van der Waals surface area contributed by atoms with Gasteiger partial charge in [-0.1, -0.05) is 118 Å². The molecule has 0 saturated carbocycles. The van der Waals surface area contributed by atoms with Crippen molar-refractivity contribution in [2.24, 2.45) is 0 Å². The fourth-order valence-electron chi connectivity index (χ4n) is 5.95. The Morgan fingerprint density at radius 3 is 1.62 bits per heavy atom. The van der Waals surface area contributed by atoms with E-state index in [0.29, 0.717) is 0 Å². The maximum absolute atomic E-state index is 3.91. The number of fused-ring (bicyclic) bond motifs is 3. The molecular formula is C40H34N2. The minimum atomic E-state index is 0.00374. The molecular weight excluding hydrogens is 508 g/mol. The smallest absolute Gasteiger partial charge is 0.0543 e. The molecule has 0 spiro atoms. The third kappa shape index (κ3) is 4.65. The molecule has 1 heterocycles. The van der Waals surface area contributed by atoms with Crippen LogP contribution in [-0.4, -0.2) is 4.57 Å². The molecule has 0 amide bonds. The molecule has 1 N–H and O–H groups in total. The lowest BCUT2D eigenvalue weighted by Gasteiger charge is -2.25. The first-order valence-corrected chi connectivity index (χ1v) is 14.6. The number of para-hydroxylation sites is 2. The van der Waals surface area contributed by atoms with Crippen molar-refractivity contribution in [2.75, 3.05) is 5.32 Å². The van der Waals surface area contributed by atoms with E-state index in [0.717, 1.165) is 11.4 Å². The topological polar surface area (TPSA) is 17.0 Å². The molecule has 0 unspecified atom stereocenters. The van der Waals surface area contributed by atoms with Gasteiger partial charge in [0.1, 0.15) is 0 Å². The van der Waals surface area contributed by atoms with Crippen LogP contribution in [0.3, 0.4) is 0 Å². The van der Waals surface area contributed by atoms with Crippen molar-refractivity contribution in [3.05, 3.63) is 151 Å². The Labute approximate surface area is 247 Å². The molecule has 2 nitrogen and oxygen atoms in total. The minimum absolute atomic E-state index is 0.00374. The molecule has 0 bridgehead atoms. The zero-order valence-electron chi connectivity index (χ0n) is 24.3. The lowest BCUT2D eigenvalue weighted by Crippen LogP contribution is -2.12. The number of nitrogens with zero attached hydrogens (tertiary/aromatic N) is 1. The van der Waals surface area contributed by atoms with Gasteiger partial charge in [0, 0.05) is 33.3 Å². The van der Waals surface area contributed by atoms with E-state index in [9.17, 15) is 0 Å². The van der Waals surface area contributed by atoms with Gasteiger partial charge in [-0.3, -0.25) is 0 Å². The first-order valence-electron chi connectivity index (χ1n) is 14.6. The summed E-state index contributed by atoms with van der Waals surface area (Å²) in [6.07, 6.45) is 0. The highest BCUT2D eigenvalue weighted by molar-refractivity contribution is 6.10. The zero-order chi connectivity index (χ0) is 28.7. The molecule has 0 aliphatic heterocycles. The summed E-state index contributed by atoms with van der Waals surface area (Å²) in [5.74, 6) is 0. The fourth-order valence-corrected chi connectivity index (χ4v) is 5.95. The predicted octanol–water partition coefficient (Wildman–Crippen LogP) is 11.2. The van der Waals surface area contributed by atoms with Gasteiger partial charge >= 0.3 is 0 Å². The van der Waals surface area contributed by atoms with Crippen LogP contribution < -0.4 is 5.32 Å². The lowest BCUT2D eigenvalue weighted by molar-refractivity contribution is 0.591. The van der Waals surface area contributed by atoms with E-state index >= 15 is 0 Å². The molecule has 7 aromatic rings. The van der Waals surface area contributed by atoms with Crippen molar-refractivity contribution in [2.45, 2.75) is 26.2 Å². The maximum atomic E-state index is 3.91. The Morgan fingerprint density at radius 2 is 1.02 bits per heavy atom. The van der Waals surface area contributed by atoms with Crippen LogP contribution >= 0.6 is 0 Å². The molecule has 2 heteroatoms. The largest absolute Gasteiger partial charge is 0.354 e. The van der Waals surface area contributed by atoms with Gasteiger partial charge in [0.25, 0.3) is 0 Å². The van der Waals surface area contributed by atoms with Crippen LogP contribution in [-0.2, 0) is 5.41 Å². The molecule has 0 atom stereocenters. The van der Waals surface area contributed by atoms with Crippen molar-refractivity contribution in [1.29, 1.82) is 0 Å². The first kappa shape index (κ1) is 25.9. The van der Waals surface area contributed by atoms with Crippen molar-refractivity contribution >= 4 is 33.2 Å². The Morgan fingerprint density at radius 1 is 0.500 bits per heavy atom. The molecule has 7 rings (SSSR count). The Balaban J connectivity index is 1.46. The summed E-state index contributed by atoms with van der Waals surface area (Å²) < 4.78 is 2.36. The molecule has 1 aromatic heterocycles. The number of hydrogen-bond donors (Lipinski definition) is 1. The fraction of sp³-hybridized carbons (Fsp3) is 0.100. The molecule has 204 valence electrons. The van der Waals surface area contributed by atoms with Crippen LogP contribution in [0.5, 0.6) is 0 Å². The number of aromatic nitrogens is 1. The number of hydrogen-bond acceptors (Lipinski definition) is 1. The van der Waals surface area contributed by atoms with E-state index < -0.39 is 0 Å². The van der Waals surface area contributed by atoms with E-state index in [2.05, 4.69) is 176 Å². The number of nitrogens with one attached hydrogen (secondary N) is 1. The quantitative estimate of drug-likeness (QED) is 0.229. The highest BCUT2D eigenvalue weighted by atomic mass is 15.0. The average Bonchev–Trinajstić information content (AvgIpc) is 3.35. The van der Waals surface area contributed by atoms with Crippen LogP contribution in [0.2, 0.25) is 0 Å². The third-order valence-electron chi connectivity index (χ3n) is 8.13. The normalized spacial score (nSPS) is 11.7. The van der Waals surface area contributed by atoms with Crippen LogP contribution in [0.4, 0.5) is 11.4 Å². The predicted molar refractivity (Wildman–Crippen MR) is 180 cm³/mol. The van der Waals surface area contributed by atoms with Gasteiger partial charge in [-0.25, -0.2) is 0 Å². The molecule has 6 aromatic carbocycles. The van der Waals surface area contributed by atoms with Gasteiger partial charge in [-0.2, -0.15) is 0 Å². The third-order valence-corrected chi connectivity index (χ3v) is 8.13. The summed E-state index contributed by atoms with van der Waals surface area (Å²) in [4.78, 5) is 0. The standard InChI is InChI=1S/C40H34N2/c1-40(2,3)30-25-34(28-15-7-4-8-16-28)39(35(26-30)29-17-9-5-10-18-29)41-31-23-24-38-36(27-31)33-21-13-14-22-37(33)42(38)32-19-11-6-12-20-32/h4-27,41H,1-3H3. The van der Waals surface area contributed by atoms with Gasteiger partial charge < -0.3 is 9.88 Å². The van der Waals surface area contributed by atoms with Crippen molar-refractivity contribution in [3.63, 3.8) is 0 Å². The minimum Gasteiger partial charge on any atom is -0.354 e. The van der Waals surface area contributed by atoms with Crippen molar-refractivity contribution in [1.82, 2.24) is 4.57 Å². The SMILES string of the molecule is CC(C)(C)c1cc(-c2ccccc2)c(Nc2ccc3c(c2)c2ccccc2n3-c2ccccc2)c(-c2ccccc2)c1. The van der Waals surface area contributed by atoms with Crippen LogP contribution in [0.1, 0.15) is 26.3 Å². The molecule has 0 fully saturated rings. The van der Waals surface area contributed by atoms with E-state index in [-0.39, 0.29) is 5.41 Å². The lowest BCUT2D eigenvalue weighted by atomic mass is 9.82. The molecule has 0 saturated heterocycles. The van der Waals surface area contributed by atoms with Gasteiger partial charge in [-0.15, -0.1) is 0 Å². The Bertz CT molecular complexity index is 1950. The average molecular weight is 543 g/mol. The Kier molecular flexibility index (Phi) is 6.40. The second-order valence-corrected chi connectivity index (χ2v) is 12.0. The summed E-state index contributed by atoms with van der Waals surface area (Å²) in [7, 11) is 0. The van der Waals surface area contributed by atoms with Gasteiger partial charge in [0.05, 0.1) is 16.7 Å². The Hall–Kier alpha value is -5.08. The van der Waals surface area contributed by atoms with Gasteiger partial charge in [0.2, 0.25) is 0 Å². The summed E-state index contributed by atoms with van der Waals surface area (Å²) in [5.41, 5.74) is 11.9. The monoisotopic (exact) mass is 542 g/mol. The maximum Gasteiger partial charge on any atom is 0.0543 e. The van der Waals surface area contributed by atoms with Crippen LogP contribution in [0, 0.1) is 0 Å². The zero-order valence-corrected chi connectivity index (χ0v) is 24.3. The number of benzene rings is 6. The van der Waals surface area contributed by atoms with Crippen LogP contribution in [0.25, 0.3) is 49.7 Å². The van der Waals surface area contributed by atoms with Crippen molar-refractivity contribution in [3.8, 4) is 27.9 Å². The molecule has 0 radical (unpaired) electrons. The highest BCUT2D eigenvalue weighted by Crippen LogP contribution is 2.43. The summed E-state index contributed by atoms with van der Waals surface area (Å²) in [5, 5.41) is 6.39. The highest BCUT2D eigenvalue weighted by Gasteiger charge is 2.21. The summed E-state index contributed by atoms with van der Waals surface area (Å²) >= 11 is 0. The number of anilines is 2. The van der Waals surface area contributed by atoms with E-state index in [1.54, 1.807) is 0 Å². The number of rotatable bonds is 5. The molecule has 42 heavy (non-hydrogen) atoms.